The number of aromatic nitrogens is 1. The lowest BCUT2D eigenvalue weighted by Crippen LogP contribution is -2.34. The van der Waals surface area contributed by atoms with Crippen LogP contribution in [0.15, 0.2) is 11.0 Å². The highest BCUT2D eigenvalue weighted by Gasteiger charge is 2.37. The molecule has 0 bridgehead atoms. The molecule has 32 heavy (non-hydrogen) atoms. The van der Waals surface area contributed by atoms with Gasteiger partial charge in [-0.2, -0.15) is 5.26 Å². The number of imide groups is 1. The minimum atomic E-state index is -0.611. The highest BCUT2D eigenvalue weighted by atomic mass is 32.2. The Morgan fingerprint density at radius 1 is 1.28 bits per heavy atom. The van der Waals surface area contributed by atoms with Crippen molar-refractivity contribution in [2.45, 2.75) is 46.5 Å². The quantitative estimate of drug-likeness (QED) is 0.473. The van der Waals surface area contributed by atoms with E-state index in [1.165, 1.54) is 10.4 Å². The van der Waals surface area contributed by atoms with Gasteiger partial charge in [0.15, 0.2) is 0 Å². The number of thioether (sulfide) groups is 1. The van der Waals surface area contributed by atoms with Gasteiger partial charge in [-0.05, 0) is 81.5 Å². The van der Waals surface area contributed by atoms with Crippen molar-refractivity contribution in [1.29, 1.82) is 5.26 Å². The lowest BCUT2D eigenvalue weighted by molar-refractivity contribution is -0.145. The van der Waals surface area contributed by atoms with E-state index >= 15 is 0 Å². The molecule has 1 aliphatic heterocycles. The molecule has 0 radical (unpaired) electrons. The summed E-state index contributed by atoms with van der Waals surface area (Å²) in [6.07, 6.45) is 5.89. The van der Waals surface area contributed by atoms with Crippen LogP contribution in [0.2, 0.25) is 0 Å². The molecule has 1 fully saturated rings. The van der Waals surface area contributed by atoms with Gasteiger partial charge in [0.2, 0.25) is 0 Å². The number of fused-ring (bicyclic) bond motifs is 1. The first kappa shape index (κ1) is 22.4. The van der Waals surface area contributed by atoms with E-state index in [1.54, 1.807) is 24.3 Å². The number of ether oxygens (including phenoxy) is 1. The van der Waals surface area contributed by atoms with Crippen LogP contribution in [0.25, 0.3) is 11.1 Å². The SMILES string of the molecule is CCOC(=O)CN1C(=O)SC(=Cc2cc(C)n(-c3sc4c(c3C#N)CCCC4)c2C)C1=O. The number of hydrogen-bond donors (Lipinski definition) is 0. The Morgan fingerprint density at radius 2 is 2.03 bits per heavy atom. The third-order valence-corrected chi connectivity index (χ3v) is 7.87. The first-order valence-corrected chi connectivity index (χ1v) is 12.1. The number of esters is 1. The van der Waals surface area contributed by atoms with E-state index in [0.717, 1.165) is 69.9 Å². The Morgan fingerprint density at radius 3 is 2.75 bits per heavy atom. The maximum atomic E-state index is 12.7. The van der Waals surface area contributed by atoms with Crippen molar-refractivity contribution in [2.75, 3.05) is 13.2 Å². The molecule has 0 atom stereocenters. The lowest BCUT2D eigenvalue weighted by Gasteiger charge is -2.10. The number of hydrogen-bond acceptors (Lipinski definition) is 7. The summed E-state index contributed by atoms with van der Waals surface area (Å²) in [5, 5.41) is 10.3. The molecular formula is C23H23N3O4S2. The van der Waals surface area contributed by atoms with Crippen LogP contribution in [0.5, 0.6) is 0 Å². The summed E-state index contributed by atoms with van der Waals surface area (Å²) in [6, 6.07) is 4.36. The third-order valence-electron chi connectivity index (χ3n) is 5.69. The molecule has 2 aromatic rings. The maximum Gasteiger partial charge on any atom is 0.326 e. The average Bonchev–Trinajstić information content (AvgIpc) is 3.35. The van der Waals surface area contributed by atoms with Crippen LogP contribution in [0, 0.1) is 25.2 Å². The number of thiophene rings is 1. The Kier molecular flexibility index (Phi) is 6.26. The number of rotatable bonds is 5. The van der Waals surface area contributed by atoms with Gasteiger partial charge in [-0.3, -0.25) is 19.3 Å². The van der Waals surface area contributed by atoms with Crippen molar-refractivity contribution in [3.05, 3.63) is 43.9 Å². The Labute approximate surface area is 194 Å². The Bertz CT molecular complexity index is 1200. The summed E-state index contributed by atoms with van der Waals surface area (Å²) in [5.41, 5.74) is 4.57. The van der Waals surface area contributed by atoms with Gasteiger partial charge < -0.3 is 9.30 Å². The molecule has 0 saturated carbocycles. The monoisotopic (exact) mass is 469 g/mol. The minimum Gasteiger partial charge on any atom is -0.465 e. The Balaban J connectivity index is 1.68. The van der Waals surface area contributed by atoms with E-state index in [2.05, 4.69) is 10.6 Å². The van der Waals surface area contributed by atoms with E-state index in [4.69, 9.17) is 4.74 Å². The average molecular weight is 470 g/mol. The van der Waals surface area contributed by atoms with Crippen molar-refractivity contribution < 1.29 is 19.1 Å². The highest BCUT2D eigenvalue weighted by Crippen LogP contribution is 2.39. The number of carbonyl (C=O) groups is 3. The van der Waals surface area contributed by atoms with Crippen LogP contribution in [0.3, 0.4) is 0 Å². The normalized spacial score (nSPS) is 17.1. The second-order valence-electron chi connectivity index (χ2n) is 7.74. The zero-order valence-electron chi connectivity index (χ0n) is 18.2. The van der Waals surface area contributed by atoms with E-state index < -0.39 is 17.1 Å². The molecular weight excluding hydrogens is 446 g/mol. The summed E-state index contributed by atoms with van der Waals surface area (Å²) < 4.78 is 6.92. The molecule has 7 nitrogen and oxygen atoms in total. The number of nitrogens with zero attached hydrogens (tertiary/aromatic N) is 3. The van der Waals surface area contributed by atoms with Gasteiger partial charge in [-0.15, -0.1) is 11.3 Å². The lowest BCUT2D eigenvalue weighted by atomic mass is 9.96. The largest absolute Gasteiger partial charge is 0.465 e. The number of nitriles is 1. The van der Waals surface area contributed by atoms with Crippen molar-refractivity contribution >= 4 is 46.3 Å². The number of aryl methyl sites for hydroxylation is 2. The van der Waals surface area contributed by atoms with E-state index in [0.29, 0.717) is 0 Å². The summed E-state index contributed by atoms with van der Waals surface area (Å²) in [6.45, 7) is 5.39. The molecule has 2 amide bonds. The fraction of sp³-hybridized carbons (Fsp3) is 0.391. The van der Waals surface area contributed by atoms with Crippen LogP contribution >= 0.6 is 23.1 Å². The second kappa shape index (κ2) is 8.96. The molecule has 2 aliphatic rings. The molecule has 0 unspecified atom stereocenters. The van der Waals surface area contributed by atoms with Gasteiger partial charge in [0.25, 0.3) is 11.1 Å². The summed E-state index contributed by atoms with van der Waals surface area (Å²) in [4.78, 5) is 39.2. The maximum absolute atomic E-state index is 12.7. The fourth-order valence-electron chi connectivity index (χ4n) is 4.18. The van der Waals surface area contributed by atoms with Gasteiger partial charge in [0.1, 0.15) is 17.6 Å². The molecule has 1 aliphatic carbocycles. The number of amides is 2. The molecule has 1 saturated heterocycles. The van der Waals surface area contributed by atoms with Crippen LogP contribution in [-0.4, -0.2) is 39.7 Å². The predicted octanol–water partition coefficient (Wildman–Crippen LogP) is 4.51. The Hall–Kier alpha value is -2.83. The van der Waals surface area contributed by atoms with Crippen molar-refractivity contribution in [3.63, 3.8) is 0 Å². The molecule has 2 aromatic heterocycles. The third kappa shape index (κ3) is 3.89. The molecule has 9 heteroatoms. The number of carbonyl (C=O) groups excluding carboxylic acids is 3. The van der Waals surface area contributed by atoms with Crippen LogP contribution in [0.4, 0.5) is 4.79 Å². The van der Waals surface area contributed by atoms with Crippen LogP contribution < -0.4 is 0 Å². The summed E-state index contributed by atoms with van der Waals surface area (Å²) >= 11 is 2.49. The predicted molar refractivity (Wildman–Crippen MR) is 124 cm³/mol. The minimum absolute atomic E-state index is 0.188. The summed E-state index contributed by atoms with van der Waals surface area (Å²) in [5.74, 6) is -1.11. The topological polar surface area (TPSA) is 92.4 Å². The smallest absolute Gasteiger partial charge is 0.326 e. The molecule has 166 valence electrons. The van der Waals surface area contributed by atoms with Gasteiger partial charge in [-0.25, -0.2) is 0 Å². The molecule has 4 rings (SSSR count). The van der Waals surface area contributed by atoms with Crippen LogP contribution in [-0.2, 0) is 27.2 Å². The van der Waals surface area contributed by atoms with Gasteiger partial charge >= 0.3 is 5.97 Å². The van der Waals surface area contributed by atoms with Crippen LogP contribution in [0.1, 0.15) is 52.7 Å². The summed E-state index contributed by atoms with van der Waals surface area (Å²) in [7, 11) is 0. The van der Waals surface area contributed by atoms with Crippen molar-refractivity contribution in [2.24, 2.45) is 0 Å². The molecule has 0 spiro atoms. The standard InChI is InChI=1S/C23H23N3O4S2/c1-4-30-20(27)12-25-21(28)19(32-23(25)29)10-15-9-13(2)26(14(15)3)22-17(11-24)16-7-5-6-8-18(16)31-22/h9-10H,4-8,12H2,1-3H3. The molecule has 0 aromatic carbocycles. The first-order chi connectivity index (χ1) is 15.3. The first-order valence-electron chi connectivity index (χ1n) is 10.5. The van der Waals surface area contributed by atoms with Gasteiger partial charge in [-0.1, -0.05) is 0 Å². The van der Waals surface area contributed by atoms with E-state index in [-0.39, 0.29) is 18.1 Å². The zero-order chi connectivity index (χ0) is 23.0. The highest BCUT2D eigenvalue weighted by molar-refractivity contribution is 8.18. The second-order valence-corrected chi connectivity index (χ2v) is 9.81. The van der Waals surface area contributed by atoms with Gasteiger partial charge in [0, 0.05) is 16.3 Å². The van der Waals surface area contributed by atoms with Crippen molar-refractivity contribution in [3.8, 4) is 11.1 Å². The van der Waals surface area contributed by atoms with Gasteiger partial charge in [0.05, 0.1) is 17.1 Å². The zero-order valence-corrected chi connectivity index (χ0v) is 19.8. The van der Waals surface area contributed by atoms with Crippen molar-refractivity contribution in [1.82, 2.24) is 9.47 Å². The fourth-order valence-corrected chi connectivity index (χ4v) is 6.46. The van der Waals surface area contributed by atoms with E-state index in [1.807, 2.05) is 19.9 Å². The molecule has 0 N–H and O–H groups in total. The molecule has 3 heterocycles. The van der Waals surface area contributed by atoms with E-state index in [9.17, 15) is 19.6 Å².